The van der Waals surface area contributed by atoms with Crippen LogP contribution in [0.2, 0.25) is 0 Å². The first-order valence-corrected chi connectivity index (χ1v) is 5.38. The van der Waals surface area contributed by atoms with E-state index in [0.29, 0.717) is 6.61 Å². The average Bonchev–Trinajstić information content (AvgIpc) is 2.00. The van der Waals surface area contributed by atoms with E-state index in [2.05, 4.69) is 27.8 Å². The van der Waals surface area contributed by atoms with Crippen LogP contribution in [0.15, 0.2) is 0 Å². The largest absolute Gasteiger partial charge is 0.430 e. The Morgan fingerprint density at radius 3 is 2.53 bits per heavy atom. The van der Waals surface area contributed by atoms with Gasteiger partial charge in [0.2, 0.25) is 0 Å². The van der Waals surface area contributed by atoms with Crippen LogP contribution < -0.4 is 0 Å². The van der Waals surface area contributed by atoms with Gasteiger partial charge < -0.3 is 14.0 Å². The lowest BCUT2D eigenvalue weighted by atomic mass is 10.0. The summed E-state index contributed by atoms with van der Waals surface area (Å²) in [6, 6.07) is 0. The van der Waals surface area contributed by atoms with Gasteiger partial charge in [-0.15, -0.1) is 0 Å². The Kier molecular flexibility index (Phi) is 3.41. The zero-order valence-corrected chi connectivity index (χ0v) is 10.4. The van der Waals surface area contributed by atoms with Gasteiger partial charge in [0.05, 0.1) is 12.6 Å². The SMILES string of the molecule is CC(=O)OC1C[N+](C)(C(C)(C)C)CCO1. The third-order valence-electron chi connectivity index (χ3n) is 3.36. The fraction of sp³-hybridized carbons (Fsp3) is 0.909. The van der Waals surface area contributed by atoms with Gasteiger partial charge in [0.1, 0.15) is 19.7 Å². The van der Waals surface area contributed by atoms with Gasteiger partial charge in [-0.05, 0) is 20.8 Å². The maximum absolute atomic E-state index is 10.9. The lowest BCUT2D eigenvalue weighted by molar-refractivity contribution is -0.965. The van der Waals surface area contributed by atoms with E-state index >= 15 is 0 Å². The van der Waals surface area contributed by atoms with Crippen LogP contribution in [0.3, 0.4) is 0 Å². The molecule has 4 nitrogen and oxygen atoms in total. The van der Waals surface area contributed by atoms with Crippen molar-refractivity contribution in [3.63, 3.8) is 0 Å². The summed E-state index contributed by atoms with van der Waals surface area (Å²) in [5.41, 5.74) is 0.141. The van der Waals surface area contributed by atoms with Gasteiger partial charge in [0.25, 0.3) is 6.29 Å². The Bertz CT molecular complexity index is 247. The number of esters is 1. The third kappa shape index (κ3) is 2.92. The number of carbonyl (C=O) groups excluding carboxylic acids is 1. The predicted molar refractivity (Wildman–Crippen MR) is 57.2 cm³/mol. The van der Waals surface area contributed by atoms with E-state index in [1.165, 1.54) is 6.92 Å². The van der Waals surface area contributed by atoms with Crippen molar-refractivity contribution in [2.45, 2.75) is 39.5 Å². The molecule has 1 aliphatic rings. The maximum atomic E-state index is 10.9. The number of rotatable bonds is 1. The first kappa shape index (κ1) is 12.5. The molecule has 0 bridgehead atoms. The number of carbonyl (C=O) groups is 1. The molecule has 1 rings (SSSR count). The summed E-state index contributed by atoms with van der Waals surface area (Å²) in [5.74, 6) is -0.276. The van der Waals surface area contributed by atoms with Gasteiger partial charge in [-0.1, -0.05) is 0 Å². The number of ether oxygens (including phenoxy) is 2. The zero-order chi connectivity index (χ0) is 11.7. The second-order valence-corrected chi connectivity index (χ2v) is 5.38. The van der Waals surface area contributed by atoms with Crippen molar-refractivity contribution in [2.24, 2.45) is 0 Å². The normalized spacial score (nSPS) is 32.5. The van der Waals surface area contributed by atoms with Crippen molar-refractivity contribution in [3.8, 4) is 0 Å². The fourth-order valence-corrected chi connectivity index (χ4v) is 1.72. The summed E-state index contributed by atoms with van der Waals surface area (Å²) < 4.78 is 11.4. The Balaban J connectivity index is 2.67. The van der Waals surface area contributed by atoms with Gasteiger partial charge in [0, 0.05) is 6.92 Å². The minimum absolute atomic E-state index is 0.141. The van der Waals surface area contributed by atoms with Gasteiger partial charge in [-0.2, -0.15) is 0 Å². The van der Waals surface area contributed by atoms with Crippen LogP contribution in [0.1, 0.15) is 27.7 Å². The van der Waals surface area contributed by atoms with Crippen molar-refractivity contribution < 1.29 is 18.8 Å². The Morgan fingerprint density at radius 2 is 2.07 bits per heavy atom. The van der Waals surface area contributed by atoms with Crippen LogP contribution >= 0.6 is 0 Å². The highest BCUT2D eigenvalue weighted by atomic mass is 16.7. The minimum Gasteiger partial charge on any atom is -0.430 e. The standard InChI is InChI=1S/C11H22NO3/c1-9(13)15-10-8-12(5,6-7-14-10)11(2,3)4/h10H,6-8H2,1-5H3/q+1. The second kappa shape index (κ2) is 4.10. The van der Waals surface area contributed by atoms with E-state index in [9.17, 15) is 4.79 Å². The number of morpholine rings is 1. The topological polar surface area (TPSA) is 35.5 Å². The molecule has 2 unspecified atom stereocenters. The second-order valence-electron chi connectivity index (χ2n) is 5.38. The molecule has 88 valence electrons. The van der Waals surface area contributed by atoms with Crippen LogP contribution in [0.25, 0.3) is 0 Å². The third-order valence-corrected chi connectivity index (χ3v) is 3.36. The molecular formula is C11H22NO3+. The molecule has 0 aromatic rings. The van der Waals surface area contributed by atoms with E-state index in [-0.39, 0.29) is 17.8 Å². The number of likely N-dealkylation sites (N-methyl/N-ethyl adjacent to an activating group) is 1. The molecule has 1 fully saturated rings. The quantitative estimate of drug-likeness (QED) is 0.487. The Morgan fingerprint density at radius 1 is 1.47 bits per heavy atom. The van der Waals surface area contributed by atoms with Crippen molar-refractivity contribution in [1.29, 1.82) is 0 Å². The van der Waals surface area contributed by atoms with Gasteiger partial charge in [-0.3, -0.25) is 4.79 Å². The summed E-state index contributed by atoms with van der Waals surface area (Å²) in [5, 5.41) is 0. The highest BCUT2D eigenvalue weighted by molar-refractivity contribution is 5.66. The fourth-order valence-electron chi connectivity index (χ4n) is 1.72. The van der Waals surface area contributed by atoms with Gasteiger partial charge >= 0.3 is 5.97 Å². The molecule has 0 saturated carbocycles. The molecule has 0 radical (unpaired) electrons. The Hall–Kier alpha value is -0.610. The Labute approximate surface area is 91.7 Å². The predicted octanol–water partition coefficient (Wildman–Crippen LogP) is 1.15. The summed E-state index contributed by atoms with van der Waals surface area (Å²) in [4.78, 5) is 10.9. The zero-order valence-electron chi connectivity index (χ0n) is 10.4. The minimum atomic E-state index is -0.388. The molecule has 2 atom stereocenters. The summed E-state index contributed by atoms with van der Waals surface area (Å²) in [7, 11) is 2.18. The lowest BCUT2D eigenvalue weighted by Gasteiger charge is -2.49. The van der Waals surface area contributed by atoms with E-state index < -0.39 is 0 Å². The molecule has 0 spiro atoms. The van der Waals surface area contributed by atoms with Crippen LogP contribution in [0.4, 0.5) is 0 Å². The highest BCUT2D eigenvalue weighted by Crippen LogP contribution is 2.26. The number of hydrogen-bond donors (Lipinski definition) is 0. The van der Waals surface area contributed by atoms with Gasteiger partial charge in [-0.25, -0.2) is 0 Å². The first-order chi connectivity index (χ1) is 6.74. The van der Waals surface area contributed by atoms with E-state index in [4.69, 9.17) is 9.47 Å². The highest BCUT2D eigenvalue weighted by Gasteiger charge is 2.42. The van der Waals surface area contributed by atoms with Crippen molar-refractivity contribution in [2.75, 3.05) is 26.7 Å². The average molecular weight is 216 g/mol. The van der Waals surface area contributed by atoms with E-state index in [0.717, 1.165) is 17.6 Å². The molecule has 1 heterocycles. The molecule has 15 heavy (non-hydrogen) atoms. The molecule has 1 aliphatic heterocycles. The monoisotopic (exact) mass is 216 g/mol. The van der Waals surface area contributed by atoms with E-state index in [1.807, 2.05) is 0 Å². The van der Waals surface area contributed by atoms with Crippen LogP contribution in [-0.2, 0) is 14.3 Å². The van der Waals surface area contributed by atoms with Crippen LogP contribution in [-0.4, -0.2) is 49.0 Å². The summed E-state index contributed by atoms with van der Waals surface area (Å²) >= 11 is 0. The smallest absolute Gasteiger partial charge is 0.305 e. The molecule has 0 aliphatic carbocycles. The number of quaternary nitrogens is 1. The molecule has 4 heteroatoms. The number of hydrogen-bond acceptors (Lipinski definition) is 3. The molecular weight excluding hydrogens is 194 g/mol. The molecule has 0 aromatic heterocycles. The molecule has 0 aromatic carbocycles. The van der Waals surface area contributed by atoms with Crippen molar-refractivity contribution >= 4 is 5.97 Å². The number of nitrogens with zero attached hydrogens (tertiary/aromatic N) is 1. The molecule has 0 amide bonds. The van der Waals surface area contributed by atoms with Gasteiger partial charge in [0.15, 0.2) is 0 Å². The van der Waals surface area contributed by atoms with Crippen molar-refractivity contribution in [3.05, 3.63) is 0 Å². The van der Waals surface area contributed by atoms with Crippen LogP contribution in [0.5, 0.6) is 0 Å². The van der Waals surface area contributed by atoms with E-state index in [1.54, 1.807) is 0 Å². The lowest BCUT2D eigenvalue weighted by Crippen LogP contribution is -2.64. The molecule has 1 saturated heterocycles. The molecule has 0 N–H and O–H groups in total. The summed E-state index contributed by atoms with van der Waals surface area (Å²) in [6.45, 7) is 10.3. The van der Waals surface area contributed by atoms with Crippen LogP contribution in [0, 0.1) is 0 Å². The first-order valence-electron chi connectivity index (χ1n) is 5.38. The summed E-state index contributed by atoms with van der Waals surface area (Å²) in [6.07, 6.45) is -0.388. The maximum Gasteiger partial charge on any atom is 0.305 e. The van der Waals surface area contributed by atoms with Crippen molar-refractivity contribution in [1.82, 2.24) is 0 Å².